The van der Waals surface area contributed by atoms with Gasteiger partial charge in [-0.3, -0.25) is 9.69 Å². The van der Waals surface area contributed by atoms with Gasteiger partial charge in [0.1, 0.15) is 11.6 Å². The lowest BCUT2D eigenvalue weighted by atomic mass is 9.99. The van der Waals surface area contributed by atoms with E-state index in [4.69, 9.17) is 4.74 Å². The molecule has 1 N–H and O–H groups in total. The average Bonchev–Trinajstić information content (AvgIpc) is 2.56. The van der Waals surface area contributed by atoms with Crippen molar-refractivity contribution in [3.05, 3.63) is 12.2 Å². The maximum absolute atomic E-state index is 12.8. The van der Waals surface area contributed by atoms with Gasteiger partial charge in [-0.2, -0.15) is 0 Å². The van der Waals surface area contributed by atoms with Crippen molar-refractivity contribution in [2.75, 3.05) is 13.7 Å². The molecule has 0 aromatic heterocycles. The highest BCUT2D eigenvalue weighted by atomic mass is 16.6. The van der Waals surface area contributed by atoms with Crippen LogP contribution in [0.25, 0.3) is 0 Å². The molecule has 148 valence electrons. The molecule has 1 aliphatic rings. The van der Waals surface area contributed by atoms with Crippen LogP contribution in [0.4, 0.5) is 4.79 Å². The molecule has 0 bridgehead atoms. The van der Waals surface area contributed by atoms with E-state index in [0.29, 0.717) is 13.0 Å². The minimum atomic E-state index is -0.612. The van der Waals surface area contributed by atoms with Crippen molar-refractivity contribution in [3.63, 3.8) is 0 Å². The number of carbonyl (C=O) groups excluding carboxylic acids is 3. The SMILES string of the molecule is COC(=O)/C=C/[C@@H](NC(=O)C1CCCCN1C(=O)OC(C)(C)C)C(C)C. The van der Waals surface area contributed by atoms with Crippen molar-refractivity contribution in [1.29, 1.82) is 0 Å². The fourth-order valence-electron chi connectivity index (χ4n) is 2.69. The van der Waals surface area contributed by atoms with Gasteiger partial charge in [-0.05, 0) is 46.0 Å². The predicted molar refractivity (Wildman–Crippen MR) is 98.5 cm³/mol. The molecule has 0 saturated carbocycles. The van der Waals surface area contributed by atoms with Crippen LogP contribution in [0, 0.1) is 5.92 Å². The third kappa shape index (κ3) is 7.06. The largest absolute Gasteiger partial charge is 0.466 e. The number of likely N-dealkylation sites (tertiary alicyclic amines) is 1. The number of amides is 2. The van der Waals surface area contributed by atoms with E-state index < -0.39 is 23.7 Å². The zero-order chi connectivity index (χ0) is 19.9. The van der Waals surface area contributed by atoms with Gasteiger partial charge in [0.25, 0.3) is 0 Å². The second kappa shape index (κ2) is 9.59. The number of piperidine rings is 1. The van der Waals surface area contributed by atoms with E-state index in [1.165, 1.54) is 18.1 Å². The zero-order valence-corrected chi connectivity index (χ0v) is 16.7. The third-order valence-corrected chi connectivity index (χ3v) is 4.10. The summed E-state index contributed by atoms with van der Waals surface area (Å²) in [6.07, 6.45) is 4.77. The van der Waals surface area contributed by atoms with Crippen LogP contribution in [-0.4, -0.2) is 54.2 Å². The molecule has 26 heavy (non-hydrogen) atoms. The monoisotopic (exact) mass is 368 g/mol. The summed E-state index contributed by atoms with van der Waals surface area (Å²) < 4.78 is 10.0. The summed E-state index contributed by atoms with van der Waals surface area (Å²) in [7, 11) is 1.30. The molecule has 1 rings (SSSR count). The van der Waals surface area contributed by atoms with Gasteiger partial charge in [0, 0.05) is 12.6 Å². The number of hydrogen-bond acceptors (Lipinski definition) is 5. The number of hydrogen-bond donors (Lipinski definition) is 1. The minimum absolute atomic E-state index is 0.0819. The van der Waals surface area contributed by atoms with E-state index in [1.807, 2.05) is 13.8 Å². The Morgan fingerprint density at radius 1 is 1.19 bits per heavy atom. The second-order valence-electron chi connectivity index (χ2n) is 7.85. The Bertz CT molecular complexity index is 537. The van der Waals surface area contributed by atoms with Gasteiger partial charge in [-0.25, -0.2) is 9.59 Å². The fraction of sp³-hybridized carbons (Fsp3) is 0.737. The maximum Gasteiger partial charge on any atom is 0.410 e. The lowest BCUT2D eigenvalue weighted by Crippen LogP contribution is -2.55. The van der Waals surface area contributed by atoms with Crippen molar-refractivity contribution >= 4 is 18.0 Å². The van der Waals surface area contributed by atoms with Gasteiger partial charge >= 0.3 is 12.1 Å². The Hall–Kier alpha value is -2.05. The van der Waals surface area contributed by atoms with Crippen LogP contribution in [0.5, 0.6) is 0 Å². The van der Waals surface area contributed by atoms with E-state index >= 15 is 0 Å². The molecular weight excluding hydrogens is 336 g/mol. The van der Waals surface area contributed by atoms with E-state index in [9.17, 15) is 14.4 Å². The highest BCUT2D eigenvalue weighted by Crippen LogP contribution is 2.21. The summed E-state index contributed by atoms with van der Waals surface area (Å²) in [6.45, 7) is 9.79. The number of nitrogens with zero attached hydrogens (tertiary/aromatic N) is 1. The summed E-state index contributed by atoms with van der Waals surface area (Å²) in [4.78, 5) is 38.1. The molecule has 1 heterocycles. The third-order valence-electron chi connectivity index (χ3n) is 4.10. The average molecular weight is 368 g/mol. The molecule has 1 aliphatic heterocycles. The molecule has 0 aliphatic carbocycles. The van der Waals surface area contributed by atoms with Crippen LogP contribution < -0.4 is 5.32 Å². The molecule has 0 aromatic carbocycles. The van der Waals surface area contributed by atoms with Crippen LogP contribution in [-0.2, 0) is 19.1 Å². The van der Waals surface area contributed by atoms with Gasteiger partial charge in [0.05, 0.1) is 13.2 Å². The molecule has 2 atom stereocenters. The number of ether oxygens (including phenoxy) is 2. The smallest absolute Gasteiger partial charge is 0.410 e. The Morgan fingerprint density at radius 2 is 1.85 bits per heavy atom. The highest BCUT2D eigenvalue weighted by Gasteiger charge is 2.35. The van der Waals surface area contributed by atoms with Crippen molar-refractivity contribution < 1.29 is 23.9 Å². The van der Waals surface area contributed by atoms with Crippen LogP contribution in [0.3, 0.4) is 0 Å². The van der Waals surface area contributed by atoms with Crippen LogP contribution in [0.15, 0.2) is 12.2 Å². The van der Waals surface area contributed by atoms with Crippen molar-refractivity contribution in [2.45, 2.75) is 71.6 Å². The molecule has 2 amide bonds. The van der Waals surface area contributed by atoms with Gasteiger partial charge in [-0.1, -0.05) is 19.9 Å². The van der Waals surface area contributed by atoms with Crippen LogP contribution >= 0.6 is 0 Å². The number of carbonyl (C=O) groups is 3. The lowest BCUT2D eigenvalue weighted by molar-refractivity contribution is -0.135. The molecule has 0 radical (unpaired) electrons. The topological polar surface area (TPSA) is 84.9 Å². The second-order valence-corrected chi connectivity index (χ2v) is 7.85. The molecule has 1 unspecified atom stereocenters. The lowest BCUT2D eigenvalue weighted by Gasteiger charge is -2.36. The normalized spacial score (nSPS) is 19.3. The Labute approximate surface area is 156 Å². The number of methoxy groups -OCH3 is 1. The predicted octanol–water partition coefficient (Wildman–Crippen LogP) is 2.65. The van der Waals surface area contributed by atoms with E-state index in [-0.39, 0.29) is 17.9 Å². The molecule has 0 spiro atoms. The van der Waals surface area contributed by atoms with Crippen molar-refractivity contribution in [3.8, 4) is 0 Å². The van der Waals surface area contributed by atoms with Gasteiger partial charge in [-0.15, -0.1) is 0 Å². The molecule has 0 aromatic rings. The molecular formula is C19H32N2O5. The van der Waals surface area contributed by atoms with E-state index in [2.05, 4.69) is 10.1 Å². The number of nitrogens with one attached hydrogen (secondary N) is 1. The van der Waals surface area contributed by atoms with E-state index in [0.717, 1.165) is 12.8 Å². The zero-order valence-electron chi connectivity index (χ0n) is 16.7. The molecule has 7 nitrogen and oxygen atoms in total. The summed E-state index contributed by atoms with van der Waals surface area (Å²) in [5.41, 5.74) is -0.612. The Morgan fingerprint density at radius 3 is 2.38 bits per heavy atom. The molecule has 1 saturated heterocycles. The Balaban J connectivity index is 2.84. The summed E-state index contributed by atoms with van der Waals surface area (Å²) in [5, 5.41) is 2.93. The minimum Gasteiger partial charge on any atom is -0.466 e. The van der Waals surface area contributed by atoms with Crippen LogP contribution in [0.1, 0.15) is 53.9 Å². The van der Waals surface area contributed by atoms with Gasteiger partial charge < -0.3 is 14.8 Å². The summed E-state index contributed by atoms with van der Waals surface area (Å²) in [6, 6.07) is -0.893. The Kier molecular flexibility index (Phi) is 8.11. The quantitative estimate of drug-likeness (QED) is 0.596. The number of rotatable bonds is 5. The van der Waals surface area contributed by atoms with Crippen molar-refractivity contribution in [1.82, 2.24) is 10.2 Å². The first-order valence-electron chi connectivity index (χ1n) is 9.11. The maximum atomic E-state index is 12.8. The first-order chi connectivity index (χ1) is 12.0. The standard InChI is InChI=1S/C19H32N2O5/c1-13(2)14(10-11-16(22)25-6)20-17(23)15-9-7-8-12-21(15)18(24)26-19(3,4)5/h10-11,13-15H,7-9,12H2,1-6H3,(H,20,23)/b11-10+/t14-,15?/m1/s1. The van der Waals surface area contributed by atoms with E-state index in [1.54, 1.807) is 26.8 Å². The van der Waals surface area contributed by atoms with Crippen LogP contribution in [0.2, 0.25) is 0 Å². The molecule has 1 fully saturated rings. The fourth-order valence-corrected chi connectivity index (χ4v) is 2.69. The highest BCUT2D eigenvalue weighted by molar-refractivity contribution is 5.86. The van der Waals surface area contributed by atoms with Crippen molar-refractivity contribution in [2.24, 2.45) is 5.92 Å². The summed E-state index contributed by atoms with van der Waals surface area (Å²) in [5.74, 6) is -0.625. The number of esters is 1. The van der Waals surface area contributed by atoms with Gasteiger partial charge in [0.2, 0.25) is 5.91 Å². The first kappa shape index (κ1) is 22.0. The molecule has 7 heteroatoms. The summed E-state index contributed by atoms with van der Waals surface area (Å²) >= 11 is 0. The first-order valence-corrected chi connectivity index (χ1v) is 9.11. The van der Waals surface area contributed by atoms with Gasteiger partial charge in [0.15, 0.2) is 0 Å².